The molecule has 0 saturated heterocycles. The van der Waals surface area contributed by atoms with Crippen LogP contribution in [0.25, 0.3) is 0 Å². The standard InChI is InChI=1S/C78H113N15O20/c79-59(40-65(94)95)73(108)88-28-2-10-47-19-22-53(16-7-31-91-76(111)62(82)43-68(100)101)56(37-47)46-85-25-1-13-50-34-51(14-5-26-86-71(106)57-38-48(11-3-29-89-74(109)60(80)41-66(96)97)20-23-54(57)17-8-32-92-77(112)63(83)44-69(102)103)36-52(35-50)15-6-27-87-72(107)58-39-49(12-4-30-90-75(110)61(81)42-67(98)99)21-24-55(58)18-9-33-93-78(113)64(84)45-70(104)105/h19-24,34-39,59-64,85H,1-18,25-33,40-46,79-84H2,(H,86,106)(H,87,107)(H,88,108)(H,89,109)(H,90,110)(H,91,111)(H,92,112)(H,93,113)(H,94,95)(H,96,97)(H,98,99)(H,100,101)(H,102,103)(H,104,105)/t59-,60-,61-,62-,63-,64-/m0/s1. The number of aliphatic carboxylic acids is 6. The van der Waals surface area contributed by atoms with E-state index in [2.05, 4.69) is 72.1 Å². The highest BCUT2D eigenvalue weighted by Gasteiger charge is 2.24. The molecule has 0 aliphatic heterocycles. The lowest BCUT2D eigenvalue weighted by molar-refractivity contribution is -0.139. The average Bonchev–Trinajstić information content (AvgIpc) is 0.849. The fourth-order valence-corrected chi connectivity index (χ4v) is 12.2. The van der Waals surface area contributed by atoms with E-state index < -0.39 is 146 Å². The number of carbonyl (C=O) groups is 14. The molecule has 620 valence electrons. The van der Waals surface area contributed by atoms with Gasteiger partial charge < -0.3 is 113 Å². The molecular weight excluding hydrogens is 1470 g/mol. The van der Waals surface area contributed by atoms with Crippen molar-refractivity contribution in [2.24, 2.45) is 34.4 Å². The number of hydrogen-bond acceptors (Lipinski definition) is 21. The van der Waals surface area contributed by atoms with Crippen LogP contribution in [-0.4, -0.2) is 209 Å². The van der Waals surface area contributed by atoms with Crippen LogP contribution < -0.4 is 82.3 Å². The van der Waals surface area contributed by atoms with Gasteiger partial charge in [0, 0.05) is 70.0 Å². The summed E-state index contributed by atoms with van der Waals surface area (Å²) in [6.45, 7) is 2.75. The van der Waals surface area contributed by atoms with Gasteiger partial charge in [-0.3, -0.25) is 67.1 Å². The lowest BCUT2D eigenvalue weighted by Crippen LogP contribution is -2.42. The van der Waals surface area contributed by atoms with Gasteiger partial charge in [0.2, 0.25) is 35.4 Å². The number of nitrogens with two attached hydrogens (primary N) is 6. The number of nitrogens with one attached hydrogen (secondary N) is 9. The monoisotopic (exact) mass is 1580 g/mol. The Morgan fingerprint density at radius 2 is 0.469 bits per heavy atom. The van der Waals surface area contributed by atoms with Crippen molar-refractivity contribution >= 4 is 83.1 Å². The largest absolute Gasteiger partial charge is 0.481 e. The third kappa shape index (κ3) is 38.8. The summed E-state index contributed by atoms with van der Waals surface area (Å²) in [7, 11) is 0. The van der Waals surface area contributed by atoms with E-state index in [0.717, 1.165) is 44.5 Å². The van der Waals surface area contributed by atoms with E-state index in [-0.39, 0.29) is 64.2 Å². The molecule has 35 heteroatoms. The van der Waals surface area contributed by atoms with Gasteiger partial charge in [0.05, 0.1) is 74.8 Å². The van der Waals surface area contributed by atoms with Gasteiger partial charge in [0.25, 0.3) is 11.8 Å². The minimum atomic E-state index is -1.25. The maximum atomic E-state index is 14.2. The lowest BCUT2D eigenvalue weighted by Gasteiger charge is -2.15. The van der Waals surface area contributed by atoms with Crippen LogP contribution in [0.1, 0.15) is 173 Å². The molecule has 0 aromatic heterocycles. The number of amides is 8. The summed E-state index contributed by atoms with van der Waals surface area (Å²) in [5, 5.41) is 80.2. The lowest BCUT2D eigenvalue weighted by atomic mass is 9.96. The van der Waals surface area contributed by atoms with E-state index >= 15 is 0 Å². The first-order valence-corrected chi connectivity index (χ1v) is 38.0. The molecule has 0 saturated carbocycles. The Kier molecular flexibility index (Phi) is 43.2. The number of hydrogen-bond donors (Lipinski definition) is 21. The van der Waals surface area contributed by atoms with Gasteiger partial charge >= 0.3 is 35.8 Å². The first kappa shape index (κ1) is 94.6. The Hall–Kier alpha value is -10.8. The van der Waals surface area contributed by atoms with E-state index in [4.69, 9.17) is 65.0 Å². The second-order valence-electron chi connectivity index (χ2n) is 27.8. The molecule has 4 aromatic carbocycles. The molecule has 0 fully saturated rings. The van der Waals surface area contributed by atoms with Crippen LogP contribution in [0.3, 0.4) is 0 Å². The molecule has 113 heavy (non-hydrogen) atoms. The predicted octanol–water partition coefficient (Wildman–Crippen LogP) is -0.761. The zero-order valence-corrected chi connectivity index (χ0v) is 63.8. The van der Waals surface area contributed by atoms with E-state index in [1.54, 1.807) is 12.1 Å². The summed E-state index contributed by atoms with van der Waals surface area (Å²) in [5.74, 6) is -11.6. The number of aryl methyl sites for hydroxylation is 9. The van der Waals surface area contributed by atoms with Crippen molar-refractivity contribution in [3.8, 4) is 0 Å². The van der Waals surface area contributed by atoms with Crippen molar-refractivity contribution in [2.75, 3.05) is 58.9 Å². The van der Waals surface area contributed by atoms with Gasteiger partial charge in [-0.05, 0) is 190 Å². The molecular formula is C78H113N15O20. The zero-order valence-electron chi connectivity index (χ0n) is 63.8. The van der Waals surface area contributed by atoms with Crippen LogP contribution in [0.15, 0.2) is 72.8 Å². The van der Waals surface area contributed by atoms with Gasteiger partial charge in [-0.25, -0.2) is 0 Å². The number of carboxylic acids is 6. The van der Waals surface area contributed by atoms with Crippen molar-refractivity contribution in [3.05, 3.63) is 140 Å². The summed E-state index contributed by atoms with van der Waals surface area (Å²) in [5.41, 5.74) is 44.1. The van der Waals surface area contributed by atoms with E-state index in [1.165, 1.54) is 0 Å². The topological polar surface area (TPSA) is 625 Å². The normalized spacial score (nSPS) is 12.7. The molecule has 0 aliphatic carbocycles. The maximum absolute atomic E-state index is 14.2. The Morgan fingerprint density at radius 3 is 0.743 bits per heavy atom. The highest BCUT2D eigenvalue weighted by Crippen LogP contribution is 2.21. The van der Waals surface area contributed by atoms with Crippen LogP contribution in [0.2, 0.25) is 0 Å². The van der Waals surface area contributed by atoms with Gasteiger partial charge in [0.1, 0.15) is 0 Å². The molecule has 0 spiro atoms. The molecule has 6 atom stereocenters. The molecule has 0 heterocycles. The highest BCUT2D eigenvalue weighted by atomic mass is 16.4. The quantitative estimate of drug-likeness (QED) is 0.0242. The Balaban J connectivity index is 1.57. The summed E-state index contributed by atoms with van der Waals surface area (Å²) in [4.78, 5) is 170. The maximum Gasteiger partial charge on any atom is 0.305 e. The van der Waals surface area contributed by atoms with E-state index in [0.29, 0.717) is 151 Å². The molecule has 35 nitrogen and oxygen atoms in total. The molecule has 0 bridgehead atoms. The van der Waals surface area contributed by atoms with Crippen LogP contribution in [0.5, 0.6) is 0 Å². The Bertz CT molecular complexity index is 3710. The molecule has 0 aliphatic rings. The minimum absolute atomic E-state index is 0.147. The zero-order chi connectivity index (χ0) is 83.4. The number of carboxylic acid groups (broad SMARTS) is 6. The van der Waals surface area contributed by atoms with Crippen molar-refractivity contribution < 1.29 is 97.8 Å². The second-order valence-corrected chi connectivity index (χ2v) is 27.8. The first-order chi connectivity index (χ1) is 53.8. The summed E-state index contributed by atoms with van der Waals surface area (Å²) in [6.07, 6.45) is 5.63. The van der Waals surface area contributed by atoms with Crippen LogP contribution in [-0.2, 0) is 122 Å². The third-order valence-electron chi connectivity index (χ3n) is 18.2. The fraction of sp³-hybridized carbons (Fsp3) is 0.513. The SMILES string of the molecule is N[C@@H](CC(=O)O)C(=O)NCCCc1ccc(CCCNC(=O)[C@@H](N)CC(=O)O)c(CNCCCc2cc(CCCNC(=O)c3cc(CCCNC(=O)[C@@H](N)CC(=O)O)ccc3CCCNC(=O)[C@@H](N)CC(=O)O)cc(CCCNC(=O)c3cc(CCCNC(=O)[C@@H](N)CC(=O)O)ccc3CCCNC(=O)[C@@H](N)CC(=O)O)c2)c1. The van der Waals surface area contributed by atoms with E-state index in [9.17, 15) is 67.1 Å². The molecule has 0 radical (unpaired) electrons. The average molecular weight is 1580 g/mol. The van der Waals surface area contributed by atoms with Gasteiger partial charge in [-0.15, -0.1) is 0 Å². The third-order valence-corrected chi connectivity index (χ3v) is 18.2. The number of carbonyl (C=O) groups excluding carboxylic acids is 8. The van der Waals surface area contributed by atoms with Crippen LogP contribution >= 0.6 is 0 Å². The summed E-state index contributed by atoms with van der Waals surface area (Å²) >= 11 is 0. The molecule has 27 N–H and O–H groups in total. The van der Waals surface area contributed by atoms with E-state index in [1.807, 2.05) is 36.4 Å². The minimum Gasteiger partial charge on any atom is -0.481 e. The number of benzene rings is 4. The first-order valence-electron chi connectivity index (χ1n) is 38.0. The van der Waals surface area contributed by atoms with Gasteiger partial charge in [-0.2, -0.15) is 0 Å². The van der Waals surface area contributed by atoms with Gasteiger partial charge in [-0.1, -0.05) is 60.7 Å². The van der Waals surface area contributed by atoms with Gasteiger partial charge in [0.15, 0.2) is 0 Å². The molecule has 4 aromatic rings. The molecule has 8 amide bonds. The predicted molar refractivity (Wildman–Crippen MR) is 416 cm³/mol. The van der Waals surface area contributed by atoms with Crippen molar-refractivity contribution in [3.63, 3.8) is 0 Å². The van der Waals surface area contributed by atoms with Crippen molar-refractivity contribution in [2.45, 2.75) is 197 Å². The molecule has 0 unspecified atom stereocenters. The Labute approximate surface area is 655 Å². The van der Waals surface area contributed by atoms with Crippen molar-refractivity contribution in [1.82, 2.24) is 47.9 Å². The second kappa shape index (κ2) is 51.7. The highest BCUT2D eigenvalue weighted by molar-refractivity contribution is 5.97. The van der Waals surface area contributed by atoms with Crippen LogP contribution in [0.4, 0.5) is 0 Å². The van der Waals surface area contributed by atoms with Crippen LogP contribution in [0, 0.1) is 0 Å². The summed E-state index contributed by atoms with van der Waals surface area (Å²) < 4.78 is 0. The fourth-order valence-electron chi connectivity index (χ4n) is 12.2. The Morgan fingerprint density at radius 1 is 0.248 bits per heavy atom. The summed E-state index contributed by atoms with van der Waals surface area (Å²) in [6, 6.07) is 15.9. The number of rotatable bonds is 58. The molecule has 4 rings (SSSR count). The smallest absolute Gasteiger partial charge is 0.305 e. The van der Waals surface area contributed by atoms with Crippen molar-refractivity contribution in [1.29, 1.82) is 0 Å².